The first kappa shape index (κ1) is 19.2. The molecule has 2 heterocycles. The Morgan fingerprint density at radius 1 is 1.10 bits per heavy atom. The molecule has 4 rings (SSSR count). The molecule has 29 heavy (non-hydrogen) atoms. The van der Waals surface area contributed by atoms with Crippen LogP contribution in [0.3, 0.4) is 0 Å². The van der Waals surface area contributed by atoms with E-state index in [9.17, 15) is 13.6 Å². The molecule has 0 fully saturated rings. The molecule has 0 bridgehead atoms. The van der Waals surface area contributed by atoms with Crippen molar-refractivity contribution in [2.45, 2.75) is 5.16 Å². The van der Waals surface area contributed by atoms with Gasteiger partial charge in [0.2, 0.25) is 5.91 Å². The molecule has 0 aliphatic heterocycles. The first-order valence-corrected chi connectivity index (χ1v) is 10.3. The molecule has 1 amide bonds. The monoisotopic (exact) mass is 429 g/mol. The molecule has 0 spiro atoms. The van der Waals surface area contributed by atoms with E-state index in [1.165, 1.54) is 29.5 Å². The Labute approximate surface area is 172 Å². The topological polar surface area (TPSA) is 72.7 Å². The Morgan fingerprint density at radius 2 is 1.90 bits per heavy atom. The number of benzene rings is 2. The lowest BCUT2D eigenvalue weighted by molar-refractivity contribution is -0.113. The normalized spacial score (nSPS) is 10.8. The molecule has 0 saturated heterocycles. The van der Waals surface area contributed by atoms with Gasteiger partial charge >= 0.3 is 0 Å². The van der Waals surface area contributed by atoms with Crippen LogP contribution in [0.5, 0.6) is 0 Å². The number of thiazole rings is 1. The van der Waals surface area contributed by atoms with Crippen LogP contribution < -0.4 is 5.32 Å². The highest BCUT2D eigenvalue weighted by molar-refractivity contribution is 7.99. The van der Waals surface area contributed by atoms with Gasteiger partial charge in [-0.3, -0.25) is 9.36 Å². The second kappa shape index (κ2) is 8.50. The highest BCUT2D eigenvalue weighted by Crippen LogP contribution is 2.29. The molecule has 0 radical (unpaired) electrons. The minimum absolute atomic E-state index is 0.0518. The van der Waals surface area contributed by atoms with E-state index in [0.29, 0.717) is 16.0 Å². The average Bonchev–Trinajstić information content (AvgIpc) is 3.37. The summed E-state index contributed by atoms with van der Waals surface area (Å²) >= 11 is 2.45. The summed E-state index contributed by atoms with van der Waals surface area (Å²) in [6.07, 6.45) is 1.60. The minimum Gasteiger partial charge on any atom is -0.301 e. The summed E-state index contributed by atoms with van der Waals surface area (Å²) in [6.45, 7) is 0. The molecule has 2 aromatic heterocycles. The van der Waals surface area contributed by atoms with Crippen molar-refractivity contribution in [2.24, 2.45) is 0 Å². The summed E-state index contributed by atoms with van der Waals surface area (Å²) in [6, 6.07) is 11.9. The summed E-state index contributed by atoms with van der Waals surface area (Å²) in [7, 11) is 0. The summed E-state index contributed by atoms with van der Waals surface area (Å²) in [5, 5.41) is 13.6. The lowest BCUT2D eigenvalue weighted by atomic mass is 10.2. The second-order valence-corrected chi connectivity index (χ2v) is 7.61. The Hall–Kier alpha value is -3.11. The van der Waals surface area contributed by atoms with E-state index in [0.717, 1.165) is 11.8 Å². The molecule has 1 N–H and O–H groups in total. The smallest absolute Gasteiger partial charge is 0.236 e. The Kier molecular flexibility index (Phi) is 5.63. The van der Waals surface area contributed by atoms with Gasteiger partial charge in [-0.2, -0.15) is 0 Å². The van der Waals surface area contributed by atoms with Crippen LogP contribution >= 0.6 is 23.1 Å². The molecular weight excluding hydrogens is 416 g/mol. The fourth-order valence-corrected chi connectivity index (χ4v) is 3.87. The maximum atomic E-state index is 14.4. The third-order valence-electron chi connectivity index (χ3n) is 3.84. The molecule has 0 unspecified atom stereocenters. The molecule has 4 aromatic rings. The number of nitrogens with zero attached hydrogens (tertiary/aromatic N) is 4. The number of carbonyl (C=O) groups is 1. The van der Waals surface area contributed by atoms with E-state index in [-0.39, 0.29) is 23.0 Å². The Bertz CT molecular complexity index is 1130. The Morgan fingerprint density at radius 3 is 2.62 bits per heavy atom. The van der Waals surface area contributed by atoms with E-state index in [4.69, 9.17) is 0 Å². The van der Waals surface area contributed by atoms with Crippen LogP contribution in [0.15, 0.2) is 65.3 Å². The zero-order valence-corrected chi connectivity index (χ0v) is 16.4. The number of halogens is 2. The number of carbonyl (C=O) groups excluding carboxylic acids is 1. The van der Waals surface area contributed by atoms with E-state index in [2.05, 4.69) is 20.5 Å². The molecule has 10 heteroatoms. The molecular formula is C19H13F2N5OS2. The van der Waals surface area contributed by atoms with Gasteiger partial charge in [-0.15, -0.1) is 21.5 Å². The molecule has 0 aliphatic carbocycles. The fourth-order valence-electron chi connectivity index (χ4n) is 2.57. The van der Waals surface area contributed by atoms with Gasteiger partial charge in [0.25, 0.3) is 0 Å². The lowest BCUT2D eigenvalue weighted by Gasteiger charge is -2.11. The number of rotatable bonds is 6. The number of thioether (sulfide) groups is 1. The van der Waals surface area contributed by atoms with Crippen LogP contribution in [-0.2, 0) is 4.79 Å². The predicted octanol–water partition coefficient (Wildman–Crippen LogP) is 4.40. The number of amides is 1. The van der Waals surface area contributed by atoms with E-state index < -0.39 is 11.6 Å². The van der Waals surface area contributed by atoms with E-state index in [1.807, 2.05) is 0 Å². The van der Waals surface area contributed by atoms with Crippen molar-refractivity contribution in [1.29, 1.82) is 0 Å². The van der Waals surface area contributed by atoms with Gasteiger partial charge in [0, 0.05) is 17.3 Å². The van der Waals surface area contributed by atoms with Crippen LogP contribution in [-0.4, -0.2) is 31.4 Å². The first-order chi connectivity index (χ1) is 14.1. The third kappa shape index (κ3) is 4.33. The Balaban J connectivity index is 1.66. The number of aromatic nitrogens is 4. The highest BCUT2D eigenvalue weighted by atomic mass is 32.2. The molecule has 2 aromatic carbocycles. The zero-order chi connectivity index (χ0) is 20.2. The maximum absolute atomic E-state index is 14.4. The number of nitrogens with one attached hydrogen (secondary N) is 1. The summed E-state index contributed by atoms with van der Waals surface area (Å²) in [5.41, 5.74) is 0.806. The maximum Gasteiger partial charge on any atom is 0.236 e. The van der Waals surface area contributed by atoms with Gasteiger partial charge in [-0.25, -0.2) is 13.8 Å². The van der Waals surface area contributed by atoms with Crippen LogP contribution in [0.25, 0.3) is 17.1 Å². The van der Waals surface area contributed by atoms with E-state index >= 15 is 0 Å². The minimum atomic E-state index is -0.457. The van der Waals surface area contributed by atoms with Crippen LogP contribution in [0.1, 0.15) is 0 Å². The van der Waals surface area contributed by atoms with Gasteiger partial charge in [0.1, 0.15) is 11.6 Å². The van der Waals surface area contributed by atoms with Gasteiger partial charge in [-0.1, -0.05) is 23.9 Å². The van der Waals surface area contributed by atoms with Crippen molar-refractivity contribution >= 4 is 34.1 Å². The lowest BCUT2D eigenvalue weighted by Crippen LogP contribution is -2.14. The van der Waals surface area contributed by atoms with Crippen molar-refractivity contribution in [3.63, 3.8) is 0 Å². The summed E-state index contributed by atoms with van der Waals surface area (Å²) in [4.78, 5) is 16.2. The van der Waals surface area contributed by atoms with Crippen molar-refractivity contribution in [1.82, 2.24) is 19.7 Å². The van der Waals surface area contributed by atoms with Crippen molar-refractivity contribution in [3.05, 3.63) is 71.7 Å². The van der Waals surface area contributed by atoms with Crippen LogP contribution in [0.2, 0.25) is 0 Å². The van der Waals surface area contributed by atoms with E-state index in [1.54, 1.807) is 46.5 Å². The quantitative estimate of drug-likeness (QED) is 0.460. The molecule has 0 aliphatic rings. The van der Waals surface area contributed by atoms with Crippen molar-refractivity contribution in [3.8, 4) is 17.1 Å². The van der Waals surface area contributed by atoms with Crippen LogP contribution in [0.4, 0.5) is 13.9 Å². The van der Waals surface area contributed by atoms with Crippen molar-refractivity contribution < 1.29 is 13.6 Å². The number of hydrogen-bond donors (Lipinski definition) is 1. The fraction of sp³-hybridized carbons (Fsp3) is 0.0526. The summed E-state index contributed by atoms with van der Waals surface area (Å²) < 4.78 is 29.3. The second-order valence-electron chi connectivity index (χ2n) is 5.77. The van der Waals surface area contributed by atoms with Crippen LogP contribution in [0, 0.1) is 11.6 Å². The highest BCUT2D eigenvalue weighted by Gasteiger charge is 2.19. The molecule has 0 atom stereocenters. The number of anilines is 1. The van der Waals surface area contributed by atoms with Gasteiger partial charge < -0.3 is 5.32 Å². The first-order valence-electron chi connectivity index (χ1n) is 8.40. The zero-order valence-electron chi connectivity index (χ0n) is 14.8. The van der Waals surface area contributed by atoms with Gasteiger partial charge in [0.05, 0.1) is 11.3 Å². The standard InChI is InChI=1S/C19H13F2N5OS2/c20-12-5-7-13(8-6-12)26-17(14-3-1-2-4-15(14)21)24-25-19(26)29-11-16(27)23-18-22-9-10-28-18/h1-10H,11H2,(H,22,23,27). The molecule has 0 saturated carbocycles. The largest absolute Gasteiger partial charge is 0.301 e. The third-order valence-corrected chi connectivity index (χ3v) is 5.46. The summed E-state index contributed by atoms with van der Waals surface area (Å²) in [5.74, 6) is -0.799. The molecule has 6 nitrogen and oxygen atoms in total. The average molecular weight is 429 g/mol. The SMILES string of the molecule is O=C(CSc1nnc(-c2ccccc2F)n1-c1ccc(F)cc1)Nc1nccs1. The van der Waals surface area contributed by atoms with Gasteiger partial charge in [-0.05, 0) is 36.4 Å². The molecule has 146 valence electrons. The predicted molar refractivity (Wildman–Crippen MR) is 108 cm³/mol. The van der Waals surface area contributed by atoms with Gasteiger partial charge in [0.15, 0.2) is 16.1 Å². The van der Waals surface area contributed by atoms with Crippen molar-refractivity contribution in [2.75, 3.05) is 11.1 Å². The number of hydrogen-bond acceptors (Lipinski definition) is 6.